The SMILES string of the molecule is Cc1ccc(CN2CC[C@H]3C[C@H](c4ccnc(C)n4)O[C@@H]3C2)cc1. The first kappa shape index (κ1) is 15.7. The molecular formula is C20H25N3O. The summed E-state index contributed by atoms with van der Waals surface area (Å²) in [6, 6.07) is 10.9. The van der Waals surface area contributed by atoms with E-state index in [1.54, 1.807) is 0 Å². The van der Waals surface area contributed by atoms with Crippen molar-refractivity contribution in [2.24, 2.45) is 5.92 Å². The predicted octanol–water partition coefficient (Wildman–Crippen LogP) is 3.45. The van der Waals surface area contributed by atoms with Gasteiger partial charge in [0.15, 0.2) is 0 Å². The van der Waals surface area contributed by atoms with E-state index in [0.717, 1.165) is 37.6 Å². The predicted molar refractivity (Wildman–Crippen MR) is 93.6 cm³/mol. The van der Waals surface area contributed by atoms with E-state index in [4.69, 9.17) is 4.74 Å². The van der Waals surface area contributed by atoms with Gasteiger partial charge in [0.05, 0.1) is 11.8 Å². The molecule has 1 aromatic carbocycles. The topological polar surface area (TPSA) is 38.2 Å². The van der Waals surface area contributed by atoms with Crippen molar-refractivity contribution in [1.29, 1.82) is 0 Å². The lowest BCUT2D eigenvalue weighted by Gasteiger charge is -2.34. The molecule has 0 unspecified atom stereocenters. The molecule has 2 aromatic rings. The van der Waals surface area contributed by atoms with Gasteiger partial charge in [-0.15, -0.1) is 0 Å². The molecule has 2 aliphatic rings. The van der Waals surface area contributed by atoms with Crippen LogP contribution in [0.4, 0.5) is 0 Å². The van der Waals surface area contributed by atoms with Crippen LogP contribution in [0.2, 0.25) is 0 Å². The maximum absolute atomic E-state index is 6.36. The fourth-order valence-corrected chi connectivity index (χ4v) is 3.93. The molecular weight excluding hydrogens is 298 g/mol. The number of hydrogen-bond donors (Lipinski definition) is 0. The average Bonchev–Trinajstić information content (AvgIpc) is 3.00. The molecule has 2 aliphatic heterocycles. The van der Waals surface area contributed by atoms with E-state index in [0.29, 0.717) is 12.0 Å². The Morgan fingerprint density at radius 2 is 2.00 bits per heavy atom. The molecule has 126 valence electrons. The summed E-state index contributed by atoms with van der Waals surface area (Å²) < 4.78 is 6.36. The van der Waals surface area contributed by atoms with Gasteiger partial charge in [-0.1, -0.05) is 29.8 Å². The normalized spacial score (nSPS) is 27.2. The third kappa shape index (κ3) is 3.35. The van der Waals surface area contributed by atoms with Gasteiger partial charge < -0.3 is 4.74 Å². The van der Waals surface area contributed by atoms with Crippen LogP contribution in [0.15, 0.2) is 36.5 Å². The molecule has 4 nitrogen and oxygen atoms in total. The second-order valence-electron chi connectivity index (χ2n) is 7.20. The minimum Gasteiger partial charge on any atom is -0.367 e. The number of aromatic nitrogens is 2. The molecule has 4 heteroatoms. The summed E-state index contributed by atoms with van der Waals surface area (Å²) in [6.45, 7) is 7.28. The zero-order valence-electron chi connectivity index (χ0n) is 14.5. The standard InChI is InChI=1S/C20H25N3O/c1-14-3-5-16(6-4-14)12-23-10-8-17-11-19(24-20(17)13-23)18-7-9-21-15(2)22-18/h3-7,9,17,19-20H,8,10-13H2,1-2H3/t17-,19+,20+/m0/s1. The van der Waals surface area contributed by atoms with Crippen LogP contribution >= 0.6 is 0 Å². The van der Waals surface area contributed by atoms with Crippen molar-refractivity contribution in [3.05, 3.63) is 59.2 Å². The van der Waals surface area contributed by atoms with E-state index in [9.17, 15) is 0 Å². The summed E-state index contributed by atoms with van der Waals surface area (Å²) in [4.78, 5) is 11.3. The van der Waals surface area contributed by atoms with Crippen LogP contribution in [0.3, 0.4) is 0 Å². The summed E-state index contributed by atoms with van der Waals surface area (Å²) in [6.07, 6.45) is 4.63. The Bertz CT molecular complexity index is 700. The Labute approximate surface area is 143 Å². The third-order valence-electron chi connectivity index (χ3n) is 5.29. The van der Waals surface area contributed by atoms with E-state index >= 15 is 0 Å². The lowest BCUT2D eigenvalue weighted by molar-refractivity contribution is -0.0107. The van der Waals surface area contributed by atoms with Gasteiger partial charge in [0, 0.05) is 19.3 Å². The van der Waals surface area contributed by atoms with Crippen LogP contribution in [-0.2, 0) is 11.3 Å². The highest BCUT2D eigenvalue weighted by Crippen LogP contribution is 2.40. The molecule has 24 heavy (non-hydrogen) atoms. The highest BCUT2D eigenvalue weighted by Gasteiger charge is 2.40. The van der Waals surface area contributed by atoms with Gasteiger partial charge in [-0.2, -0.15) is 0 Å². The number of fused-ring (bicyclic) bond motifs is 1. The van der Waals surface area contributed by atoms with Crippen molar-refractivity contribution in [2.75, 3.05) is 13.1 Å². The van der Waals surface area contributed by atoms with Gasteiger partial charge in [-0.25, -0.2) is 9.97 Å². The van der Waals surface area contributed by atoms with Crippen molar-refractivity contribution in [1.82, 2.24) is 14.9 Å². The summed E-state index contributed by atoms with van der Waals surface area (Å²) >= 11 is 0. The quantitative estimate of drug-likeness (QED) is 0.867. The van der Waals surface area contributed by atoms with E-state index in [1.807, 2.05) is 19.2 Å². The highest BCUT2D eigenvalue weighted by molar-refractivity contribution is 5.21. The average molecular weight is 323 g/mol. The summed E-state index contributed by atoms with van der Waals surface area (Å²) in [7, 11) is 0. The first-order chi connectivity index (χ1) is 11.7. The molecule has 1 aromatic heterocycles. The van der Waals surface area contributed by atoms with Gasteiger partial charge in [0.25, 0.3) is 0 Å². The molecule has 0 saturated carbocycles. The van der Waals surface area contributed by atoms with Gasteiger partial charge in [0.2, 0.25) is 0 Å². The van der Waals surface area contributed by atoms with Crippen LogP contribution in [0.1, 0.15) is 41.6 Å². The van der Waals surface area contributed by atoms with Gasteiger partial charge >= 0.3 is 0 Å². The Morgan fingerprint density at radius 3 is 2.79 bits per heavy atom. The molecule has 0 N–H and O–H groups in total. The summed E-state index contributed by atoms with van der Waals surface area (Å²) in [5, 5.41) is 0. The monoisotopic (exact) mass is 323 g/mol. The largest absolute Gasteiger partial charge is 0.367 e. The highest BCUT2D eigenvalue weighted by atomic mass is 16.5. The van der Waals surface area contributed by atoms with Gasteiger partial charge in [-0.05, 0) is 50.8 Å². The van der Waals surface area contributed by atoms with Crippen molar-refractivity contribution >= 4 is 0 Å². The number of piperidine rings is 1. The van der Waals surface area contributed by atoms with Crippen molar-refractivity contribution in [2.45, 2.75) is 45.4 Å². The molecule has 0 aliphatic carbocycles. The van der Waals surface area contributed by atoms with Crippen molar-refractivity contribution < 1.29 is 4.74 Å². The molecule has 0 amide bonds. The fourth-order valence-electron chi connectivity index (χ4n) is 3.93. The van der Waals surface area contributed by atoms with E-state index < -0.39 is 0 Å². The Kier molecular flexibility index (Phi) is 4.33. The van der Waals surface area contributed by atoms with Gasteiger partial charge in [-0.3, -0.25) is 4.90 Å². The van der Waals surface area contributed by atoms with Crippen LogP contribution in [0.5, 0.6) is 0 Å². The summed E-state index contributed by atoms with van der Waals surface area (Å²) in [5.74, 6) is 1.49. The van der Waals surface area contributed by atoms with E-state index in [2.05, 4.69) is 46.1 Å². The molecule has 2 fully saturated rings. The van der Waals surface area contributed by atoms with Crippen LogP contribution in [0.25, 0.3) is 0 Å². The van der Waals surface area contributed by atoms with Crippen LogP contribution < -0.4 is 0 Å². The number of nitrogens with zero attached hydrogens (tertiary/aromatic N) is 3. The van der Waals surface area contributed by atoms with Crippen LogP contribution in [-0.4, -0.2) is 34.1 Å². The number of aryl methyl sites for hydroxylation is 2. The Balaban J connectivity index is 1.39. The first-order valence-electron chi connectivity index (χ1n) is 8.90. The van der Waals surface area contributed by atoms with E-state index in [-0.39, 0.29) is 6.10 Å². The Morgan fingerprint density at radius 1 is 1.17 bits per heavy atom. The zero-order chi connectivity index (χ0) is 16.5. The zero-order valence-corrected chi connectivity index (χ0v) is 14.5. The first-order valence-corrected chi connectivity index (χ1v) is 8.90. The number of ether oxygens (including phenoxy) is 1. The van der Waals surface area contributed by atoms with Crippen LogP contribution in [0, 0.1) is 19.8 Å². The molecule has 4 rings (SSSR count). The number of likely N-dealkylation sites (tertiary alicyclic amines) is 1. The minimum absolute atomic E-state index is 0.140. The second-order valence-corrected chi connectivity index (χ2v) is 7.20. The molecule has 0 radical (unpaired) electrons. The molecule has 3 atom stereocenters. The third-order valence-corrected chi connectivity index (χ3v) is 5.29. The lowest BCUT2D eigenvalue weighted by Crippen LogP contribution is -2.41. The minimum atomic E-state index is 0.140. The van der Waals surface area contributed by atoms with Crippen molar-refractivity contribution in [3.63, 3.8) is 0 Å². The van der Waals surface area contributed by atoms with E-state index in [1.165, 1.54) is 17.5 Å². The number of rotatable bonds is 3. The molecule has 0 bridgehead atoms. The molecule has 3 heterocycles. The fraction of sp³-hybridized carbons (Fsp3) is 0.500. The summed E-state index contributed by atoms with van der Waals surface area (Å²) in [5.41, 5.74) is 3.75. The molecule has 0 spiro atoms. The lowest BCUT2D eigenvalue weighted by atomic mass is 9.91. The Hall–Kier alpha value is -1.78. The number of benzene rings is 1. The smallest absolute Gasteiger partial charge is 0.125 e. The maximum atomic E-state index is 6.36. The van der Waals surface area contributed by atoms with Gasteiger partial charge in [0.1, 0.15) is 11.9 Å². The van der Waals surface area contributed by atoms with Crippen molar-refractivity contribution in [3.8, 4) is 0 Å². The maximum Gasteiger partial charge on any atom is 0.125 e. The number of hydrogen-bond acceptors (Lipinski definition) is 4. The molecule has 2 saturated heterocycles. The second kappa shape index (κ2) is 6.61.